The quantitative estimate of drug-likeness (QED) is 0.533. The Kier molecular flexibility index (Phi) is 8.03. The molecule has 23 heavy (non-hydrogen) atoms. The minimum atomic E-state index is -0.446. The summed E-state index contributed by atoms with van der Waals surface area (Å²) in [5.41, 5.74) is 0. The predicted octanol–water partition coefficient (Wildman–Crippen LogP) is 3.82. The molecule has 1 N–H and O–H groups in total. The van der Waals surface area contributed by atoms with Crippen LogP contribution < -0.4 is 15.9 Å². The summed E-state index contributed by atoms with van der Waals surface area (Å²) in [6.07, 6.45) is 0. The SMILES string of the molecule is OCCBr.c1ccc(P(c2ccccc2)c2ccccc2)cc1. The molecule has 0 radical (unpaired) electrons. The number of hydrogen-bond donors (Lipinski definition) is 1. The molecule has 0 aromatic heterocycles. The molecule has 0 amide bonds. The summed E-state index contributed by atoms with van der Waals surface area (Å²) in [5, 5.41) is 12.7. The van der Waals surface area contributed by atoms with Gasteiger partial charge in [0.2, 0.25) is 0 Å². The van der Waals surface area contributed by atoms with E-state index < -0.39 is 7.92 Å². The Morgan fingerprint density at radius 1 is 0.609 bits per heavy atom. The van der Waals surface area contributed by atoms with Gasteiger partial charge in [0.25, 0.3) is 0 Å². The highest BCUT2D eigenvalue weighted by molar-refractivity contribution is 9.09. The van der Waals surface area contributed by atoms with Crippen LogP contribution in [0.1, 0.15) is 0 Å². The molecule has 0 saturated carbocycles. The second kappa shape index (κ2) is 10.3. The zero-order valence-corrected chi connectivity index (χ0v) is 15.3. The highest BCUT2D eigenvalue weighted by Gasteiger charge is 2.14. The Labute approximate surface area is 147 Å². The number of hydrogen-bond acceptors (Lipinski definition) is 1. The fourth-order valence-corrected chi connectivity index (χ4v) is 4.48. The van der Waals surface area contributed by atoms with E-state index >= 15 is 0 Å². The van der Waals surface area contributed by atoms with Crippen molar-refractivity contribution in [1.82, 2.24) is 0 Å². The lowest BCUT2D eigenvalue weighted by Crippen LogP contribution is -2.20. The Morgan fingerprint density at radius 2 is 0.870 bits per heavy atom. The van der Waals surface area contributed by atoms with E-state index in [1.807, 2.05) is 0 Å². The molecule has 0 bridgehead atoms. The number of rotatable bonds is 4. The Morgan fingerprint density at radius 3 is 1.09 bits per heavy atom. The van der Waals surface area contributed by atoms with E-state index in [1.165, 1.54) is 15.9 Å². The van der Waals surface area contributed by atoms with Crippen molar-refractivity contribution >= 4 is 39.8 Å². The fourth-order valence-electron chi connectivity index (χ4n) is 2.18. The Hall–Kier alpha value is -1.47. The van der Waals surface area contributed by atoms with Crippen molar-refractivity contribution in [3.63, 3.8) is 0 Å². The number of halogens is 1. The number of aliphatic hydroxyl groups excluding tert-OH is 1. The van der Waals surface area contributed by atoms with Gasteiger partial charge in [-0.15, -0.1) is 0 Å². The maximum Gasteiger partial charge on any atom is 0.0528 e. The highest BCUT2D eigenvalue weighted by Crippen LogP contribution is 2.32. The molecule has 0 fully saturated rings. The lowest BCUT2D eigenvalue weighted by atomic mass is 10.4. The van der Waals surface area contributed by atoms with E-state index in [2.05, 4.69) is 107 Å². The lowest BCUT2D eigenvalue weighted by Gasteiger charge is -2.18. The molecule has 0 aliphatic carbocycles. The summed E-state index contributed by atoms with van der Waals surface area (Å²) in [7, 11) is -0.446. The van der Waals surface area contributed by atoms with Crippen LogP contribution in [-0.4, -0.2) is 17.0 Å². The third-order valence-corrected chi connectivity index (χ3v) is 5.93. The summed E-state index contributed by atoms with van der Waals surface area (Å²) < 4.78 is 0. The van der Waals surface area contributed by atoms with Gasteiger partial charge in [0.1, 0.15) is 0 Å². The van der Waals surface area contributed by atoms with Crippen LogP contribution in [0.5, 0.6) is 0 Å². The van der Waals surface area contributed by atoms with Crippen LogP contribution in [0.3, 0.4) is 0 Å². The van der Waals surface area contributed by atoms with Crippen LogP contribution in [0.2, 0.25) is 0 Å². The monoisotopic (exact) mass is 386 g/mol. The number of aliphatic hydroxyl groups is 1. The van der Waals surface area contributed by atoms with E-state index in [4.69, 9.17) is 5.11 Å². The van der Waals surface area contributed by atoms with Gasteiger partial charge in [-0.3, -0.25) is 0 Å². The van der Waals surface area contributed by atoms with Crippen LogP contribution in [0.25, 0.3) is 0 Å². The van der Waals surface area contributed by atoms with E-state index in [0.717, 1.165) is 0 Å². The van der Waals surface area contributed by atoms with E-state index in [-0.39, 0.29) is 6.61 Å². The summed E-state index contributed by atoms with van der Waals surface area (Å²) in [5.74, 6) is 0. The molecule has 3 heteroatoms. The average Bonchev–Trinajstić information content (AvgIpc) is 2.65. The van der Waals surface area contributed by atoms with Crippen molar-refractivity contribution in [2.45, 2.75) is 0 Å². The molecule has 0 saturated heterocycles. The first-order chi connectivity index (χ1) is 11.4. The molecule has 1 nitrogen and oxygen atoms in total. The smallest absolute Gasteiger partial charge is 0.0528 e. The average molecular weight is 387 g/mol. The Bertz CT molecular complexity index is 563. The first-order valence-electron chi connectivity index (χ1n) is 7.49. The molecule has 3 rings (SSSR count). The van der Waals surface area contributed by atoms with Crippen LogP contribution in [0, 0.1) is 0 Å². The number of alkyl halides is 1. The summed E-state index contributed by atoms with van der Waals surface area (Å²) >= 11 is 3.00. The molecule has 0 aliphatic heterocycles. The van der Waals surface area contributed by atoms with E-state index in [1.54, 1.807) is 0 Å². The molecule has 0 atom stereocenters. The minimum Gasteiger partial charge on any atom is -0.396 e. The maximum absolute atomic E-state index is 7.83. The van der Waals surface area contributed by atoms with E-state index in [9.17, 15) is 0 Å². The standard InChI is InChI=1S/C18H15P.C2H5BrO/c1-4-10-16(11-5-1)19(17-12-6-2-7-13-17)18-14-8-3-9-15-18;3-1-2-4/h1-15H;4H,1-2H2. The van der Waals surface area contributed by atoms with Gasteiger partial charge >= 0.3 is 0 Å². The van der Waals surface area contributed by atoms with Crippen molar-refractivity contribution in [3.8, 4) is 0 Å². The van der Waals surface area contributed by atoms with Gasteiger partial charge in [-0.05, 0) is 23.8 Å². The van der Waals surface area contributed by atoms with Crippen LogP contribution in [0.15, 0.2) is 91.0 Å². The molecule has 3 aromatic carbocycles. The first kappa shape index (κ1) is 17.9. The zero-order chi connectivity index (χ0) is 16.3. The maximum atomic E-state index is 7.83. The molecular weight excluding hydrogens is 367 g/mol. The lowest BCUT2D eigenvalue weighted by molar-refractivity contribution is 0.324. The van der Waals surface area contributed by atoms with Gasteiger partial charge in [0.15, 0.2) is 0 Å². The van der Waals surface area contributed by atoms with Gasteiger partial charge in [0.05, 0.1) is 6.61 Å². The van der Waals surface area contributed by atoms with Crippen molar-refractivity contribution < 1.29 is 5.11 Å². The number of benzene rings is 3. The first-order valence-corrected chi connectivity index (χ1v) is 9.95. The third kappa shape index (κ3) is 5.58. The molecule has 0 spiro atoms. The highest BCUT2D eigenvalue weighted by atomic mass is 79.9. The largest absolute Gasteiger partial charge is 0.396 e. The van der Waals surface area contributed by atoms with E-state index in [0.29, 0.717) is 5.33 Å². The molecule has 0 unspecified atom stereocenters. The van der Waals surface area contributed by atoms with Crippen molar-refractivity contribution in [2.24, 2.45) is 0 Å². The molecule has 0 aliphatic rings. The molecule has 118 valence electrons. The normalized spacial score (nSPS) is 10.0. The van der Waals surface area contributed by atoms with Gasteiger partial charge in [-0.2, -0.15) is 0 Å². The zero-order valence-electron chi connectivity index (χ0n) is 12.8. The van der Waals surface area contributed by atoms with Crippen molar-refractivity contribution in [3.05, 3.63) is 91.0 Å². The van der Waals surface area contributed by atoms with Gasteiger partial charge in [0, 0.05) is 5.33 Å². The van der Waals surface area contributed by atoms with Crippen molar-refractivity contribution in [1.29, 1.82) is 0 Å². The van der Waals surface area contributed by atoms with Crippen molar-refractivity contribution in [2.75, 3.05) is 11.9 Å². The minimum absolute atomic E-state index is 0.236. The predicted molar refractivity (Wildman–Crippen MR) is 106 cm³/mol. The van der Waals surface area contributed by atoms with Crippen LogP contribution >= 0.6 is 23.9 Å². The van der Waals surface area contributed by atoms with Gasteiger partial charge in [-0.25, -0.2) is 0 Å². The Balaban J connectivity index is 0.000000433. The van der Waals surface area contributed by atoms with Gasteiger partial charge in [-0.1, -0.05) is 107 Å². The van der Waals surface area contributed by atoms with Crippen LogP contribution in [-0.2, 0) is 0 Å². The topological polar surface area (TPSA) is 20.2 Å². The summed E-state index contributed by atoms with van der Waals surface area (Å²) in [6, 6.07) is 32.3. The summed E-state index contributed by atoms with van der Waals surface area (Å²) in [6.45, 7) is 0.236. The van der Waals surface area contributed by atoms with Gasteiger partial charge < -0.3 is 5.11 Å². The summed E-state index contributed by atoms with van der Waals surface area (Å²) in [4.78, 5) is 0. The third-order valence-electron chi connectivity index (χ3n) is 3.13. The second-order valence-corrected chi connectivity index (χ2v) is 7.77. The second-order valence-electron chi connectivity index (χ2n) is 4.75. The molecular formula is C20H20BrOP. The molecule has 3 aromatic rings. The fraction of sp³-hybridized carbons (Fsp3) is 0.100. The van der Waals surface area contributed by atoms with Crippen LogP contribution in [0.4, 0.5) is 0 Å². The molecule has 0 heterocycles.